The maximum atomic E-state index is 11.2. The van der Waals surface area contributed by atoms with Crippen LogP contribution in [-0.4, -0.2) is 17.7 Å². The van der Waals surface area contributed by atoms with Gasteiger partial charge in [0.05, 0.1) is 0 Å². The van der Waals surface area contributed by atoms with E-state index in [1.165, 1.54) is 19.1 Å². The van der Waals surface area contributed by atoms with Crippen LogP contribution in [-0.2, 0) is 10.1 Å². The van der Waals surface area contributed by atoms with Gasteiger partial charge < -0.3 is 0 Å². The zero-order chi connectivity index (χ0) is 11.0. The summed E-state index contributed by atoms with van der Waals surface area (Å²) >= 11 is 5.69. The highest BCUT2D eigenvalue weighted by molar-refractivity contribution is 7.87. The average molecular weight is 235 g/mol. The van der Waals surface area contributed by atoms with Crippen molar-refractivity contribution in [2.75, 3.05) is 0 Å². The van der Waals surface area contributed by atoms with Crippen molar-refractivity contribution >= 4 is 21.7 Å². The van der Waals surface area contributed by atoms with Gasteiger partial charge in [0, 0.05) is 11.0 Å². The number of hydrogen-bond donors (Lipinski definition) is 1. The van der Waals surface area contributed by atoms with Gasteiger partial charge in [-0.3, -0.25) is 4.55 Å². The van der Waals surface area contributed by atoms with E-state index in [1.807, 2.05) is 0 Å². The lowest BCUT2D eigenvalue weighted by Crippen LogP contribution is -2.40. The van der Waals surface area contributed by atoms with Gasteiger partial charge in [-0.2, -0.15) is 8.42 Å². The molecule has 0 saturated carbocycles. The number of allylic oxidation sites excluding steroid dienone is 4. The van der Waals surface area contributed by atoms with Crippen LogP contribution in [0.5, 0.6) is 0 Å². The summed E-state index contributed by atoms with van der Waals surface area (Å²) in [5.74, 6) is -0.472. The lowest BCUT2D eigenvalue weighted by molar-refractivity contribution is 0.436. The van der Waals surface area contributed by atoms with E-state index in [0.717, 1.165) is 0 Å². The second-order valence-corrected chi connectivity index (χ2v) is 5.57. The third-order valence-corrected chi connectivity index (χ3v) is 4.10. The molecule has 1 aliphatic carbocycles. The lowest BCUT2D eigenvalue weighted by Gasteiger charge is -2.30. The van der Waals surface area contributed by atoms with E-state index in [-0.39, 0.29) is 0 Å². The summed E-state index contributed by atoms with van der Waals surface area (Å²) in [5.41, 5.74) is 0. The molecule has 0 aromatic carbocycles. The molecule has 0 radical (unpaired) electrons. The Kier molecular flexibility index (Phi) is 2.90. The molecule has 3 nitrogen and oxygen atoms in total. The van der Waals surface area contributed by atoms with Crippen molar-refractivity contribution in [3.8, 4) is 0 Å². The van der Waals surface area contributed by atoms with Gasteiger partial charge in [-0.25, -0.2) is 0 Å². The summed E-state index contributed by atoms with van der Waals surface area (Å²) in [4.78, 5) is 0. The van der Waals surface area contributed by atoms with Crippen molar-refractivity contribution in [2.45, 2.75) is 11.7 Å². The fraction of sp³-hybridized carbons (Fsp3) is 0.333. The largest absolute Gasteiger partial charge is 0.285 e. The molecule has 78 valence electrons. The van der Waals surface area contributed by atoms with Crippen LogP contribution in [0.1, 0.15) is 6.92 Å². The van der Waals surface area contributed by atoms with E-state index in [0.29, 0.717) is 5.03 Å². The predicted octanol–water partition coefficient (Wildman–Crippen LogP) is 2.13. The van der Waals surface area contributed by atoms with Crippen LogP contribution >= 0.6 is 11.6 Å². The Morgan fingerprint density at radius 3 is 2.71 bits per heavy atom. The van der Waals surface area contributed by atoms with Gasteiger partial charge in [-0.15, -0.1) is 6.58 Å². The molecule has 0 aromatic heterocycles. The molecular formula is C9H11ClO3S. The zero-order valence-corrected chi connectivity index (χ0v) is 9.22. The maximum absolute atomic E-state index is 11.2. The highest BCUT2D eigenvalue weighted by Gasteiger charge is 2.42. The Labute approximate surface area is 88.5 Å². The summed E-state index contributed by atoms with van der Waals surface area (Å²) < 4.78 is 30.1. The maximum Gasteiger partial charge on any atom is 0.274 e. The van der Waals surface area contributed by atoms with Gasteiger partial charge in [0.1, 0.15) is 4.75 Å². The van der Waals surface area contributed by atoms with Gasteiger partial charge in [0.15, 0.2) is 0 Å². The quantitative estimate of drug-likeness (QED) is 0.588. The molecule has 1 N–H and O–H groups in total. The fourth-order valence-corrected chi connectivity index (χ4v) is 2.52. The molecule has 14 heavy (non-hydrogen) atoms. The monoisotopic (exact) mass is 234 g/mol. The standard InChI is InChI=1S/C9H11ClO3S/c1-3-7-4-5-8(10)6-9(7,2)14(11,12)13/h3-7H,1H2,2H3,(H,11,12,13). The van der Waals surface area contributed by atoms with Crippen molar-refractivity contribution in [1.82, 2.24) is 0 Å². The highest BCUT2D eigenvalue weighted by Crippen LogP contribution is 2.35. The Morgan fingerprint density at radius 1 is 1.71 bits per heavy atom. The van der Waals surface area contributed by atoms with Gasteiger partial charge in [-0.05, 0) is 19.1 Å². The highest BCUT2D eigenvalue weighted by atomic mass is 35.5. The first kappa shape index (κ1) is 11.5. The molecule has 5 heteroatoms. The molecule has 0 spiro atoms. The molecule has 2 unspecified atom stereocenters. The molecule has 0 aromatic rings. The first-order valence-electron chi connectivity index (χ1n) is 3.97. The summed E-state index contributed by atoms with van der Waals surface area (Å²) in [6.07, 6.45) is 5.96. The molecule has 0 heterocycles. The van der Waals surface area contributed by atoms with Crippen LogP contribution in [0.25, 0.3) is 0 Å². The molecule has 1 rings (SSSR count). The molecule has 0 fully saturated rings. The van der Waals surface area contributed by atoms with Crippen molar-refractivity contribution in [2.24, 2.45) is 5.92 Å². The van der Waals surface area contributed by atoms with E-state index in [4.69, 9.17) is 16.2 Å². The topological polar surface area (TPSA) is 54.4 Å². The molecular weight excluding hydrogens is 224 g/mol. The fourth-order valence-electron chi connectivity index (χ4n) is 1.36. The third kappa shape index (κ3) is 1.78. The average Bonchev–Trinajstić information content (AvgIpc) is 2.02. The van der Waals surface area contributed by atoms with Gasteiger partial charge >= 0.3 is 0 Å². The van der Waals surface area contributed by atoms with Crippen molar-refractivity contribution in [3.63, 3.8) is 0 Å². The molecule has 0 aliphatic heterocycles. The minimum atomic E-state index is -4.20. The van der Waals surface area contributed by atoms with Crippen LogP contribution in [0, 0.1) is 5.92 Å². The van der Waals surface area contributed by atoms with Crippen LogP contribution < -0.4 is 0 Å². The number of halogens is 1. The first-order chi connectivity index (χ1) is 6.31. The second-order valence-electron chi connectivity index (χ2n) is 3.31. The van der Waals surface area contributed by atoms with Crippen molar-refractivity contribution < 1.29 is 13.0 Å². The zero-order valence-electron chi connectivity index (χ0n) is 7.64. The summed E-state index contributed by atoms with van der Waals surface area (Å²) in [5, 5.41) is 0.295. The van der Waals surface area contributed by atoms with E-state index in [1.54, 1.807) is 12.2 Å². The van der Waals surface area contributed by atoms with Crippen LogP contribution in [0.2, 0.25) is 0 Å². The first-order valence-corrected chi connectivity index (χ1v) is 5.79. The van der Waals surface area contributed by atoms with E-state index in [2.05, 4.69) is 6.58 Å². The Morgan fingerprint density at radius 2 is 2.29 bits per heavy atom. The molecule has 0 amide bonds. The Hall–Kier alpha value is -0.580. The SMILES string of the molecule is C=CC1C=CC(Cl)=CC1(C)S(=O)(=O)O. The van der Waals surface area contributed by atoms with E-state index >= 15 is 0 Å². The second kappa shape index (κ2) is 3.53. The Bertz CT molecular complexity index is 408. The van der Waals surface area contributed by atoms with Gasteiger partial charge in [0.25, 0.3) is 10.1 Å². The van der Waals surface area contributed by atoms with E-state index in [9.17, 15) is 8.42 Å². The van der Waals surface area contributed by atoms with Crippen molar-refractivity contribution in [3.05, 3.63) is 35.9 Å². The third-order valence-electron chi connectivity index (χ3n) is 2.36. The van der Waals surface area contributed by atoms with Crippen LogP contribution in [0.4, 0.5) is 0 Å². The molecule has 0 saturated heterocycles. The minimum Gasteiger partial charge on any atom is -0.285 e. The van der Waals surface area contributed by atoms with Gasteiger partial charge in [0.2, 0.25) is 0 Å². The summed E-state index contributed by atoms with van der Waals surface area (Å²) in [6.45, 7) is 4.92. The number of hydrogen-bond acceptors (Lipinski definition) is 2. The lowest BCUT2D eigenvalue weighted by atomic mass is 9.89. The minimum absolute atomic E-state index is 0.295. The van der Waals surface area contributed by atoms with Crippen LogP contribution in [0.15, 0.2) is 35.9 Å². The summed E-state index contributed by atoms with van der Waals surface area (Å²) in [7, 11) is -4.20. The predicted molar refractivity (Wildman–Crippen MR) is 56.7 cm³/mol. The Balaban J connectivity index is 3.31. The molecule has 0 bridgehead atoms. The van der Waals surface area contributed by atoms with Crippen LogP contribution in [0.3, 0.4) is 0 Å². The molecule has 1 aliphatic rings. The summed E-state index contributed by atoms with van der Waals surface area (Å²) in [6, 6.07) is 0. The molecule has 2 atom stereocenters. The normalized spacial score (nSPS) is 32.5. The smallest absolute Gasteiger partial charge is 0.274 e. The van der Waals surface area contributed by atoms with Crippen molar-refractivity contribution in [1.29, 1.82) is 0 Å². The van der Waals surface area contributed by atoms with Gasteiger partial charge in [-0.1, -0.05) is 23.8 Å². The van der Waals surface area contributed by atoms with E-state index < -0.39 is 20.8 Å². The number of rotatable bonds is 2.